The molecule has 1 amide bonds. The summed E-state index contributed by atoms with van der Waals surface area (Å²) in [7, 11) is 2.60. The van der Waals surface area contributed by atoms with Gasteiger partial charge in [0.1, 0.15) is 11.8 Å². The Bertz CT molecular complexity index is 394. The smallest absolute Gasteiger partial charge is 0.410 e. The predicted molar refractivity (Wildman–Crippen MR) is 65.4 cm³/mol. The van der Waals surface area contributed by atoms with E-state index in [4.69, 9.17) is 9.47 Å². The summed E-state index contributed by atoms with van der Waals surface area (Å²) in [5.41, 5.74) is 0. The molecule has 1 aliphatic carbocycles. The van der Waals surface area contributed by atoms with Gasteiger partial charge in [-0.1, -0.05) is 0 Å². The number of amides is 1. The number of hydrogen-bond acceptors (Lipinski definition) is 5. The molecule has 0 spiro atoms. The fraction of sp³-hybridized carbons (Fsp3) is 0.769. The maximum absolute atomic E-state index is 11.8. The lowest BCUT2D eigenvalue weighted by atomic mass is 9.72. The molecule has 6 nitrogen and oxygen atoms in total. The minimum absolute atomic E-state index is 0.172. The van der Waals surface area contributed by atoms with Crippen molar-refractivity contribution in [1.29, 1.82) is 0 Å². The van der Waals surface area contributed by atoms with Crippen molar-refractivity contribution >= 4 is 17.8 Å². The number of methoxy groups -OCH3 is 2. The number of ketones is 1. The van der Waals surface area contributed by atoms with Crippen molar-refractivity contribution < 1.29 is 23.9 Å². The fourth-order valence-corrected chi connectivity index (χ4v) is 3.13. The second-order valence-corrected chi connectivity index (χ2v) is 5.20. The number of fused-ring (bicyclic) bond motifs is 1. The van der Waals surface area contributed by atoms with Gasteiger partial charge in [-0.05, 0) is 24.7 Å². The number of rotatable bonds is 1. The third kappa shape index (κ3) is 2.72. The van der Waals surface area contributed by atoms with Gasteiger partial charge >= 0.3 is 12.1 Å². The number of hydrogen-bond donors (Lipinski definition) is 0. The molecule has 0 aromatic heterocycles. The van der Waals surface area contributed by atoms with Gasteiger partial charge < -0.3 is 9.47 Å². The van der Waals surface area contributed by atoms with Crippen LogP contribution in [-0.4, -0.2) is 49.6 Å². The molecule has 1 heterocycles. The fourth-order valence-electron chi connectivity index (χ4n) is 3.13. The maximum Gasteiger partial charge on any atom is 0.410 e. The van der Waals surface area contributed by atoms with Crippen LogP contribution in [0.3, 0.4) is 0 Å². The van der Waals surface area contributed by atoms with Gasteiger partial charge in [-0.15, -0.1) is 0 Å². The second kappa shape index (κ2) is 5.59. The first-order valence-electron chi connectivity index (χ1n) is 6.51. The molecular weight excluding hydrogens is 250 g/mol. The van der Waals surface area contributed by atoms with E-state index in [-0.39, 0.29) is 17.6 Å². The molecule has 1 aliphatic heterocycles. The summed E-state index contributed by atoms with van der Waals surface area (Å²) in [6.45, 7) is 0.463. The van der Waals surface area contributed by atoms with Crippen molar-refractivity contribution in [2.24, 2.45) is 11.8 Å². The molecule has 6 heteroatoms. The van der Waals surface area contributed by atoms with Crippen molar-refractivity contribution in [3.63, 3.8) is 0 Å². The van der Waals surface area contributed by atoms with Gasteiger partial charge in [-0.25, -0.2) is 9.59 Å². The highest BCUT2D eigenvalue weighted by molar-refractivity contribution is 5.83. The average Bonchev–Trinajstić information content (AvgIpc) is 2.44. The molecule has 106 valence electrons. The zero-order valence-electron chi connectivity index (χ0n) is 11.3. The van der Waals surface area contributed by atoms with Gasteiger partial charge in [0.2, 0.25) is 0 Å². The first-order valence-corrected chi connectivity index (χ1v) is 6.51. The summed E-state index contributed by atoms with van der Waals surface area (Å²) < 4.78 is 9.48. The third-order valence-corrected chi connectivity index (χ3v) is 4.17. The Morgan fingerprint density at radius 2 is 1.95 bits per heavy atom. The number of ether oxygens (including phenoxy) is 2. The van der Waals surface area contributed by atoms with E-state index in [0.29, 0.717) is 25.8 Å². The maximum atomic E-state index is 11.8. The van der Waals surface area contributed by atoms with Gasteiger partial charge in [0, 0.05) is 19.4 Å². The van der Waals surface area contributed by atoms with Crippen LogP contribution in [0.25, 0.3) is 0 Å². The molecule has 0 bridgehead atoms. The third-order valence-electron chi connectivity index (χ3n) is 4.17. The summed E-state index contributed by atoms with van der Waals surface area (Å²) in [4.78, 5) is 36.5. The number of esters is 1. The van der Waals surface area contributed by atoms with Gasteiger partial charge in [0.15, 0.2) is 0 Å². The lowest BCUT2D eigenvalue weighted by Gasteiger charge is -2.43. The molecule has 1 saturated heterocycles. The van der Waals surface area contributed by atoms with Crippen LogP contribution in [0.15, 0.2) is 0 Å². The summed E-state index contributed by atoms with van der Waals surface area (Å²) >= 11 is 0. The minimum Gasteiger partial charge on any atom is -0.467 e. The van der Waals surface area contributed by atoms with E-state index in [2.05, 4.69) is 0 Å². The van der Waals surface area contributed by atoms with Crippen LogP contribution in [-0.2, 0) is 19.1 Å². The Hall–Kier alpha value is -1.59. The first kappa shape index (κ1) is 13.8. The monoisotopic (exact) mass is 269 g/mol. The zero-order valence-corrected chi connectivity index (χ0v) is 11.3. The molecule has 0 aromatic carbocycles. The standard InChI is InChI=1S/C13H19NO5/c1-18-12(16)11-6-9-5-10(15)4-3-8(9)7-14(11)13(17)19-2/h8-9,11H,3-7H2,1-2H3. The van der Waals surface area contributed by atoms with Crippen LogP contribution in [0.1, 0.15) is 25.7 Å². The number of nitrogens with zero attached hydrogens (tertiary/aromatic N) is 1. The SMILES string of the molecule is COC(=O)C1CC2CC(=O)CCC2CN1C(=O)OC. The molecule has 2 rings (SSSR count). The highest BCUT2D eigenvalue weighted by atomic mass is 16.5. The Kier molecular flexibility index (Phi) is 4.07. The molecule has 0 aromatic rings. The molecule has 0 radical (unpaired) electrons. The minimum atomic E-state index is -0.635. The summed E-state index contributed by atoms with van der Waals surface area (Å²) in [6, 6.07) is -0.635. The number of Topliss-reactive ketones (excluding diaryl/α,β-unsaturated/α-hetero) is 1. The summed E-state index contributed by atoms with van der Waals surface area (Å²) in [6.07, 6.45) is 1.83. The van der Waals surface area contributed by atoms with Crippen LogP contribution >= 0.6 is 0 Å². The van der Waals surface area contributed by atoms with E-state index >= 15 is 0 Å². The largest absolute Gasteiger partial charge is 0.467 e. The Balaban J connectivity index is 2.16. The first-order chi connectivity index (χ1) is 9.06. The predicted octanol–water partition coefficient (Wildman–Crippen LogP) is 0.985. The van der Waals surface area contributed by atoms with E-state index in [0.717, 1.165) is 6.42 Å². The molecular formula is C13H19NO5. The van der Waals surface area contributed by atoms with Crippen molar-refractivity contribution in [3.8, 4) is 0 Å². The zero-order chi connectivity index (χ0) is 14.0. The number of piperidine rings is 1. The second-order valence-electron chi connectivity index (χ2n) is 5.20. The van der Waals surface area contributed by atoms with Crippen molar-refractivity contribution in [1.82, 2.24) is 4.90 Å². The van der Waals surface area contributed by atoms with Crippen LogP contribution in [0.4, 0.5) is 4.79 Å². The topological polar surface area (TPSA) is 72.9 Å². The molecule has 3 unspecified atom stereocenters. The van der Waals surface area contributed by atoms with E-state index in [1.54, 1.807) is 0 Å². The van der Waals surface area contributed by atoms with Crippen LogP contribution in [0.2, 0.25) is 0 Å². The molecule has 19 heavy (non-hydrogen) atoms. The van der Waals surface area contributed by atoms with Crippen LogP contribution < -0.4 is 0 Å². The van der Waals surface area contributed by atoms with Gasteiger partial charge in [0.05, 0.1) is 14.2 Å². The van der Waals surface area contributed by atoms with Crippen LogP contribution in [0.5, 0.6) is 0 Å². The molecule has 3 atom stereocenters. The summed E-state index contributed by atoms with van der Waals surface area (Å²) in [5, 5.41) is 0. The Labute approximate surface area is 112 Å². The van der Waals surface area contributed by atoms with Crippen LogP contribution in [0, 0.1) is 11.8 Å². The highest BCUT2D eigenvalue weighted by Gasteiger charge is 2.44. The molecule has 2 fully saturated rings. The number of carbonyl (C=O) groups is 3. The van der Waals surface area contributed by atoms with E-state index in [1.165, 1.54) is 19.1 Å². The highest BCUT2D eigenvalue weighted by Crippen LogP contribution is 2.37. The molecule has 1 saturated carbocycles. The van der Waals surface area contributed by atoms with Crippen molar-refractivity contribution in [3.05, 3.63) is 0 Å². The lowest BCUT2D eigenvalue weighted by molar-refractivity contribution is -0.150. The Morgan fingerprint density at radius 3 is 2.58 bits per heavy atom. The van der Waals surface area contributed by atoms with Crippen molar-refractivity contribution in [2.75, 3.05) is 20.8 Å². The average molecular weight is 269 g/mol. The van der Waals surface area contributed by atoms with E-state index in [1.807, 2.05) is 0 Å². The summed E-state index contributed by atoms with van der Waals surface area (Å²) in [5.74, 6) is 0.252. The quantitative estimate of drug-likeness (QED) is 0.664. The normalized spacial score (nSPS) is 30.5. The van der Waals surface area contributed by atoms with Crippen molar-refractivity contribution in [2.45, 2.75) is 31.7 Å². The molecule has 0 N–H and O–H groups in total. The van der Waals surface area contributed by atoms with Gasteiger partial charge in [-0.3, -0.25) is 9.69 Å². The van der Waals surface area contributed by atoms with E-state index < -0.39 is 18.1 Å². The van der Waals surface area contributed by atoms with E-state index in [9.17, 15) is 14.4 Å². The number of carbonyl (C=O) groups excluding carboxylic acids is 3. The van der Waals surface area contributed by atoms with Gasteiger partial charge in [-0.2, -0.15) is 0 Å². The Morgan fingerprint density at radius 1 is 1.21 bits per heavy atom. The van der Waals surface area contributed by atoms with Gasteiger partial charge in [0.25, 0.3) is 0 Å². The lowest BCUT2D eigenvalue weighted by Crippen LogP contribution is -2.54. The molecule has 2 aliphatic rings. The number of likely N-dealkylation sites (tertiary alicyclic amines) is 1.